The number of hydrogen-bond donors (Lipinski definition) is 2. The molecule has 30 heavy (non-hydrogen) atoms. The Kier molecular flexibility index (Phi) is 5.71. The van der Waals surface area contributed by atoms with Gasteiger partial charge < -0.3 is 9.84 Å². The smallest absolute Gasteiger partial charge is 0.275 e. The van der Waals surface area contributed by atoms with Crippen molar-refractivity contribution in [2.75, 3.05) is 0 Å². The van der Waals surface area contributed by atoms with E-state index in [1.54, 1.807) is 12.1 Å². The Bertz CT molecular complexity index is 1190. The van der Waals surface area contributed by atoms with E-state index in [1.807, 2.05) is 78.9 Å². The van der Waals surface area contributed by atoms with Gasteiger partial charge in [-0.15, -0.1) is 0 Å². The van der Waals surface area contributed by atoms with Gasteiger partial charge in [0.1, 0.15) is 18.1 Å². The molecule has 0 radical (unpaired) electrons. The summed E-state index contributed by atoms with van der Waals surface area (Å²) in [7, 11) is 0. The van der Waals surface area contributed by atoms with Crippen molar-refractivity contribution >= 4 is 22.9 Å². The number of amides is 1. The standard InChI is InChI=1S/C25H20N2O3/c28-24-15-21-9-5-4-8-20(21)14-23(24)25(29)27-26-16-18-10-12-22(13-11-18)30-17-19-6-2-1-3-7-19/h1-16,28H,17H2,(H,27,29). The molecule has 0 aliphatic carbocycles. The highest BCUT2D eigenvalue weighted by Gasteiger charge is 2.11. The van der Waals surface area contributed by atoms with Gasteiger partial charge in [-0.25, -0.2) is 5.43 Å². The summed E-state index contributed by atoms with van der Waals surface area (Å²) in [6.07, 6.45) is 1.54. The molecule has 0 heterocycles. The van der Waals surface area contributed by atoms with Crippen LogP contribution in [0, 0.1) is 0 Å². The van der Waals surface area contributed by atoms with Crippen LogP contribution >= 0.6 is 0 Å². The van der Waals surface area contributed by atoms with Crippen LogP contribution < -0.4 is 10.2 Å². The minimum absolute atomic E-state index is 0.0821. The van der Waals surface area contributed by atoms with Gasteiger partial charge in [-0.05, 0) is 58.3 Å². The van der Waals surface area contributed by atoms with Gasteiger partial charge in [-0.3, -0.25) is 4.79 Å². The van der Waals surface area contributed by atoms with E-state index in [-0.39, 0.29) is 11.3 Å². The van der Waals surface area contributed by atoms with Gasteiger partial charge in [0.15, 0.2) is 0 Å². The Morgan fingerprint density at radius 1 is 0.900 bits per heavy atom. The van der Waals surface area contributed by atoms with Crippen molar-refractivity contribution in [3.8, 4) is 11.5 Å². The molecule has 0 atom stereocenters. The fourth-order valence-corrected chi connectivity index (χ4v) is 3.03. The highest BCUT2D eigenvalue weighted by molar-refractivity contribution is 6.01. The third-order valence-electron chi connectivity index (χ3n) is 4.62. The summed E-state index contributed by atoms with van der Waals surface area (Å²) in [5.41, 5.74) is 4.54. The lowest BCUT2D eigenvalue weighted by atomic mass is 10.1. The van der Waals surface area contributed by atoms with Gasteiger partial charge in [0.05, 0.1) is 11.8 Å². The maximum Gasteiger partial charge on any atom is 0.275 e. The molecule has 4 aromatic rings. The molecule has 0 aromatic heterocycles. The zero-order valence-corrected chi connectivity index (χ0v) is 16.2. The number of phenolic OH excluding ortho intramolecular Hbond substituents is 1. The number of carbonyl (C=O) groups excluding carboxylic acids is 1. The zero-order chi connectivity index (χ0) is 20.8. The van der Waals surface area contributed by atoms with Crippen LogP contribution in [0.15, 0.2) is 96.1 Å². The number of carbonyl (C=O) groups is 1. The zero-order valence-electron chi connectivity index (χ0n) is 16.2. The summed E-state index contributed by atoms with van der Waals surface area (Å²) in [6, 6.07) is 28.1. The number of ether oxygens (including phenoxy) is 1. The van der Waals surface area contributed by atoms with Crippen LogP contribution in [0.5, 0.6) is 11.5 Å². The molecule has 0 fully saturated rings. The topological polar surface area (TPSA) is 70.9 Å². The second kappa shape index (κ2) is 8.92. The van der Waals surface area contributed by atoms with Crippen LogP contribution in [0.25, 0.3) is 10.8 Å². The first-order valence-electron chi connectivity index (χ1n) is 9.51. The Labute approximate surface area is 174 Å². The SMILES string of the molecule is O=C(NN=Cc1ccc(OCc2ccccc2)cc1)c1cc2ccccc2cc1O. The van der Waals surface area contributed by atoms with Gasteiger partial charge >= 0.3 is 0 Å². The van der Waals surface area contributed by atoms with Gasteiger partial charge in [0, 0.05) is 0 Å². The molecular weight excluding hydrogens is 376 g/mol. The van der Waals surface area contributed by atoms with E-state index in [2.05, 4.69) is 10.5 Å². The molecule has 1 amide bonds. The monoisotopic (exact) mass is 396 g/mol. The van der Waals surface area contributed by atoms with Crippen molar-refractivity contribution in [1.29, 1.82) is 0 Å². The van der Waals surface area contributed by atoms with E-state index in [9.17, 15) is 9.90 Å². The van der Waals surface area contributed by atoms with Gasteiger partial charge in [-0.1, -0.05) is 54.6 Å². The lowest BCUT2D eigenvalue weighted by Crippen LogP contribution is -2.17. The first-order chi connectivity index (χ1) is 14.7. The first kappa shape index (κ1) is 19.2. The van der Waals surface area contributed by atoms with Crippen molar-refractivity contribution in [3.63, 3.8) is 0 Å². The van der Waals surface area contributed by atoms with Crippen LogP contribution in [0.4, 0.5) is 0 Å². The Balaban J connectivity index is 1.36. The molecule has 4 aromatic carbocycles. The summed E-state index contributed by atoms with van der Waals surface area (Å²) >= 11 is 0. The Morgan fingerprint density at radius 2 is 1.57 bits per heavy atom. The summed E-state index contributed by atoms with van der Waals surface area (Å²) in [5, 5.41) is 15.9. The van der Waals surface area contributed by atoms with Gasteiger partial charge in [0.2, 0.25) is 0 Å². The van der Waals surface area contributed by atoms with Crippen molar-refractivity contribution < 1.29 is 14.6 Å². The molecular formula is C25H20N2O3. The maximum atomic E-state index is 12.4. The van der Waals surface area contributed by atoms with Crippen LogP contribution in [0.2, 0.25) is 0 Å². The van der Waals surface area contributed by atoms with E-state index < -0.39 is 5.91 Å². The second-order valence-electron chi connectivity index (χ2n) is 6.76. The third-order valence-corrected chi connectivity index (χ3v) is 4.62. The number of hydrazone groups is 1. The summed E-state index contributed by atoms with van der Waals surface area (Å²) in [6.45, 7) is 0.500. The summed E-state index contributed by atoms with van der Waals surface area (Å²) < 4.78 is 5.75. The minimum Gasteiger partial charge on any atom is -0.507 e. The Hall–Kier alpha value is -4.12. The van der Waals surface area contributed by atoms with E-state index in [1.165, 1.54) is 6.21 Å². The van der Waals surface area contributed by atoms with E-state index in [0.29, 0.717) is 6.61 Å². The number of phenols is 1. The quantitative estimate of drug-likeness (QED) is 0.360. The third kappa shape index (κ3) is 4.64. The van der Waals surface area contributed by atoms with Crippen molar-refractivity contribution in [3.05, 3.63) is 108 Å². The molecule has 0 saturated heterocycles. The van der Waals surface area contributed by atoms with Crippen LogP contribution in [-0.2, 0) is 6.61 Å². The molecule has 5 heteroatoms. The molecule has 2 N–H and O–H groups in total. The van der Waals surface area contributed by atoms with E-state index in [4.69, 9.17) is 4.74 Å². The second-order valence-corrected chi connectivity index (χ2v) is 6.76. The summed E-state index contributed by atoms with van der Waals surface area (Å²) in [5.74, 6) is 0.194. The number of hydrogen-bond acceptors (Lipinski definition) is 4. The number of nitrogens with zero attached hydrogens (tertiary/aromatic N) is 1. The normalized spacial score (nSPS) is 10.9. The molecule has 0 unspecified atom stereocenters. The Morgan fingerprint density at radius 3 is 2.30 bits per heavy atom. The molecule has 0 aliphatic heterocycles. The first-order valence-corrected chi connectivity index (χ1v) is 9.51. The largest absolute Gasteiger partial charge is 0.507 e. The van der Waals surface area contributed by atoms with Crippen molar-refractivity contribution in [2.45, 2.75) is 6.61 Å². The molecule has 0 aliphatic rings. The minimum atomic E-state index is -0.475. The number of aromatic hydroxyl groups is 1. The van der Waals surface area contributed by atoms with Crippen LogP contribution in [-0.4, -0.2) is 17.2 Å². The number of nitrogens with one attached hydrogen (secondary N) is 1. The maximum absolute atomic E-state index is 12.4. The van der Waals surface area contributed by atoms with E-state index >= 15 is 0 Å². The van der Waals surface area contributed by atoms with Gasteiger partial charge in [-0.2, -0.15) is 5.10 Å². The number of rotatable bonds is 6. The molecule has 0 saturated carbocycles. The molecule has 148 valence electrons. The highest BCUT2D eigenvalue weighted by atomic mass is 16.5. The number of benzene rings is 4. The van der Waals surface area contributed by atoms with Crippen molar-refractivity contribution in [1.82, 2.24) is 5.43 Å². The molecule has 0 bridgehead atoms. The van der Waals surface area contributed by atoms with Crippen LogP contribution in [0.3, 0.4) is 0 Å². The average Bonchev–Trinajstić information content (AvgIpc) is 2.78. The number of fused-ring (bicyclic) bond motifs is 1. The predicted octanol–water partition coefficient (Wildman–Crippen LogP) is 4.89. The molecule has 4 rings (SSSR count). The highest BCUT2D eigenvalue weighted by Crippen LogP contribution is 2.24. The van der Waals surface area contributed by atoms with Crippen LogP contribution in [0.1, 0.15) is 21.5 Å². The fraction of sp³-hybridized carbons (Fsp3) is 0.0400. The van der Waals surface area contributed by atoms with Gasteiger partial charge in [0.25, 0.3) is 5.91 Å². The predicted molar refractivity (Wildman–Crippen MR) is 118 cm³/mol. The lowest BCUT2D eigenvalue weighted by Gasteiger charge is -2.06. The lowest BCUT2D eigenvalue weighted by molar-refractivity contribution is 0.0952. The molecule has 0 spiro atoms. The average molecular weight is 396 g/mol. The van der Waals surface area contributed by atoms with E-state index in [0.717, 1.165) is 27.6 Å². The summed E-state index contributed by atoms with van der Waals surface area (Å²) in [4.78, 5) is 12.4. The fourth-order valence-electron chi connectivity index (χ4n) is 3.03. The molecule has 5 nitrogen and oxygen atoms in total. The van der Waals surface area contributed by atoms with Crippen molar-refractivity contribution in [2.24, 2.45) is 5.10 Å².